The molecule has 0 saturated carbocycles. The Kier molecular flexibility index (Phi) is 5.82. The second-order valence-corrected chi connectivity index (χ2v) is 7.44. The van der Waals surface area contributed by atoms with Crippen LogP contribution in [0.3, 0.4) is 0 Å². The van der Waals surface area contributed by atoms with Crippen LogP contribution in [0.4, 0.5) is 5.95 Å². The molecule has 0 aliphatic carbocycles. The number of benzene rings is 1. The molecule has 6 nitrogen and oxygen atoms in total. The van der Waals surface area contributed by atoms with Gasteiger partial charge in [-0.3, -0.25) is 9.36 Å². The minimum atomic E-state index is -0.160. The van der Waals surface area contributed by atoms with Gasteiger partial charge in [-0.1, -0.05) is 37.8 Å². The average molecular weight is 375 g/mol. The number of anilines is 1. The molecule has 0 atom stereocenters. The minimum absolute atomic E-state index is 0.141. The molecule has 1 aliphatic heterocycles. The van der Waals surface area contributed by atoms with Crippen molar-refractivity contribution in [2.75, 3.05) is 18.0 Å². The molecule has 1 saturated heterocycles. The van der Waals surface area contributed by atoms with Crippen LogP contribution >= 0.6 is 0 Å². The number of hydrogen-bond donors (Lipinski definition) is 1. The lowest BCUT2D eigenvalue weighted by atomic mass is 10.0. The maximum absolute atomic E-state index is 13.1. The smallest absolute Gasteiger partial charge is 0.271 e. The topological polar surface area (TPSA) is 87.9 Å². The van der Waals surface area contributed by atoms with Gasteiger partial charge in [0.1, 0.15) is 5.56 Å². The molecule has 1 aromatic heterocycles. The minimum Gasteiger partial charge on any atom is -0.342 e. The molecule has 1 fully saturated rings. The largest absolute Gasteiger partial charge is 0.342 e. The lowest BCUT2D eigenvalue weighted by Crippen LogP contribution is -2.42. The van der Waals surface area contributed by atoms with Crippen molar-refractivity contribution in [2.24, 2.45) is 18.7 Å². The summed E-state index contributed by atoms with van der Waals surface area (Å²) in [4.78, 5) is 20.1. The predicted octanol–water partition coefficient (Wildman–Crippen LogP) is 2.25. The number of piperidine rings is 1. The lowest BCUT2D eigenvalue weighted by Gasteiger charge is -2.32. The molecule has 0 radical (unpaired) electrons. The van der Waals surface area contributed by atoms with Gasteiger partial charge in [0.15, 0.2) is 0 Å². The van der Waals surface area contributed by atoms with Gasteiger partial charge >= 0.3 is 0 Å². The number of rotatable bonds is 2. The van der Waals surface area contributed by atoms with E-state index >= 15 is 0 Å². The third kappa shape index (κ3) is 4.08. The summed E-state index contributed by atoms with van der Waals surface area (Å²) in [6, 6.07) is 9.40. The maximum atomic E-state index is 13.1. The first-order chi connectivity index (χ1) is 13.4. The van der Waals surface area contributed by atoms with Crippen molar-refractivity contribution in [3.05, 3.63) is 45.7 Å². The highest BCUT2D eigenvalue weighted by molar-refractivity contribution is 5.69. The van der Waals surface area contributed by atoms with Crippen LogP contribution in [0, 0.1) is 29.1 Å². The summed E-state index contributed by atoms with van der Waals surface area (Å²) in [5.74, 6) is 6.89. The Morgan fingerprint density at radius 3 is 2.43 bits per heavy atom. The van der Waals surface area contributed by atoms with E-state index in [1.807, 2.05) is 26.0 Å². The first kappa shape index (κ1) is 19.7. The molecule has 0 amide bonds. The molecule has 0 bridgehead atoms. The molecule has 2 N–H and O–H groups in total. The van der Waals surface area contributed by atoms with Crippen LogP contribution in [0.15, 0.2) is 29.1 Å². The zero-order chi connectivity index (χ0) is 20.3. The Morgan fingerprint density at radius 1 is 1.21 bits per heavy atom. The fourth-order valence-corrected chi connectivity index (χ4v) is 3.21. The monoisotopic (exact) mass is 375 g/mol. The Bertz CT molecular complexity index is 1010. The van der Waals surface area contributed by atoms with E-state index in [0.29, 0.717) is 22.8 Å². The fourth-order valence-electron chi connectivity index (χ4n) is 3.21. The molecular formula is C22H25N5O. The summed E-state index contributed by atoms with van der Waals surface area (Å²) in [6.07, 6.45) is 1.74. The van der Waals surface area contributed by atoms with Gasteiger partial charge in [0, 0.05) is 37.7 Å². The fraction of sp³-hybridized carbons (Fsp3) is 0.409. The van der Waals surface area contributed by atoms with Crippen molar-refractivity contribution in [3.8, 4) is 29.2 Å². The van der Waals surface area contributed by atoms with Gasteiger partial charge in [-0.05, 0) is 25.0 Å². The van der Waals surface area contributed by atoms with E-state index in [4.69, 9.17) is 16.0 Å². The molecule has 28 heavy (non-hydrogen) atoms. The van der Waals surface area contributed by atoms with Gasteiger partial charge in [0.05, 0.1) is 17.3 Å². The van der Waals surface area contributed by atoms with Gasteiger partial charge < -0.3 is 10.6 Å². The summed E-state index contributed by atoms with van der Waals surface area (Å²) in [7, 11) is 1.74. The Balaban J connectivity index is 2.17. The van der Waals surface area contributed by atoms with Crippen molar-refractivity contribution >= 4 is 5.95 Å². The van der Waals surface area contributed by atoms with E-state index in [1.54, 1.807) is 23.7 Å². The highest BCUT2D eigenvalue weighted by atomic mass is 16.1. The van der Waals surface area contributed by atoms with E-state index in [0.717, 1.165) is 31.5 Å². The molecule has 6 heteroatoms. The normalized spacial score (nSPS) is 14.5. The van der Waals surface area contributed by atoms with Crippen molar-refractivity contribution < 1.29 is 0 Å². The zero-order valence-corrected chi connectivity index (χ0v) is 16.6. The van der Waals surface area contributed by atoms with Crippen LogP contribution in [0.2, 0.25) is 0 Å². The zero-order valence-electron chi connectivity index (χ0n) is 16.6. The summed E-state index contributed by atoms with van der Waals surface area (Å²) >= 11 is 0. The number of nitriles is 1. The standard InChI is InChI=1S/C22H25N5O/c1-15(2)4-9-19-20(17-7-5-16(14-23)6-8-17)25-22(26(3)21(19)28)27-12-10-18(24)11-13-27/h5-8,15,18H,10-13,24H2,1-3H3. The first-order valence-electron chi connectivity index (χ1n) is 9.54. The van der Waals surface area contributed by atoms with Crippen molar-refractivity contribution in [3.63, 3.8) is 0 Å². The van der Waals surface area contributed by atoms with Crippen LogP contribution in [0.5, 0.6) is 0 Å². The van der Waals surface area contributed by atoms with Crippen molar-refractivity contribution in [1.29, 1.82) is 5.26 Å². The average Bonchev–Trinajstić information content (AvgIpc) is 2.70. The van der Waals surface area contributed by atoms with Crippen LogP contribution in [-0.4, -0.2) is 28.7 Å². The summed E-state index contributed by atoms with van der Waals surface area (Å²) in [6.45, 7) is 5.51. The molecule has 1 aromatic carbocycles. The molecule has 0 spiro atoms. The molecular weight excluding hydrogens is 350 g/mol. The van der Waals surface area contributed by atoms with Gasteiger partial charge in [0.2, 0.25) is 5.95 Å². The maximum Gasteiger partial charge on any atom is 0.271 e. The second kappa shape index (κ2) is 8.29. The number of nitrogens with two attached hydrogens (primary N) is 1. The van der Waals surface area contributed by atoms with E-state index in [-0.39, 0.29) is 17.5 Å². The summed E-state index contributed by atoms with van der Waals surface area (Å²) in [5.41, 5.74) is 8.15. The van der Waals surface area contributed by atoms with Crippen LogP contribution in [-0.2, 0) is 7.05 Å². The Labute approximate surface area is 165 Å². The predicted molar refractivity (Wildman–Crippen MR) is 111 cm³/mol. The van der Waals surface area contributed by atoms with E-state index in [9.17, 15) is 4.79 Å². The van der Waals surface area contributed by atoms with Gasteiger partial charge in [0.25, 0.3) is 5.56 Å². The number of aromatic nitrogens is 2. The molecule has 3 rings (SSSR count). The lowest BCUT2D eigenvalue weighted by molar-refractivity contribution is 0.490. The number of hydrogen-bond acceptors (Lipinski definition) is 5. The van der Waals surface area contributed by atoms with E-state index in [2.05, 4.69) is 22.8 Å². The van der Waals surface area contributed by atoms with Crippen molar-refractivity contribution in [2.45, 2.75) is 32.7 Å². The molecule has 2 heterocycles. The highest BCUT2D eigenvalue weighted by Crippen LogP contribution is 2.24. The van der Waals surface area contributed by atoms with Crippen LogP contribution in [0.25, 0.3) is 11.3 Å². The van der Waals surface area contributed by atoms with Gasteiger partial charge in [-0.25, -0.2) is 4.98 Å². The summed E-state index contributed by atoms with van der Waals surface area (Å²) in [5, 5.41) is 9.06. The van der Waals surface area contributed by atoms with Crippen LogP contribution in [0.1, 0.15) is 37.8 Å². The highest BCUT2D eigenvalue weighted by Gasteiger charge is 2.22. The van der Waals surface area contributed by atoms with Crippen molar-refractivity contribution in [1.82, 2.24) is 9.55 Å². The number of nitrogens with zero attached hydrogens (tertiary/aromatic N) is 4. The Morgan fingerprint density at radius 2 is 1.86 bits per heavy atom. The SMILES string of the molecule is CC(C)C#Cc1c(-c2ccc(C#N)cc2)nc(N2CCC(N)CC2)n(C)c1=O. The summed E-state index contributed by atoms with van der Waals surface area (Å²) < 4.78 is 1.58. The molecule has 0 unspecified atom stereocenters. The first-order valence-corrected chi connectivity index (χ1v) is 9.54. The van der Waals surface area contributed by atoms with Gasteiger partial charge in [-0.2, -0.15) is 5.26 Å². The Hall–Kier alpha value is -3.09. The third-order valence-electron chi connectivity index (χ3n) is 4.86. The quantitative estimate of drug-likeness (QED) is 0.814. The third-order valence-corrected chi connectivity index (χ3v) is 4.86. The molecule has 1 aliphatic rings. The molecule has 144 valence electrons. The van der Waals surface area contributed by atoms with E-state index < -0.39 is 0 Å². The van der Waals surface area contributed by atoms with E-state index in [1.165, 1.54) is 0 Å². The second-order valence-electron chi connectivity index (χ2n) is 7.44. The van der Waals surface area contributed by atoms with Gasteiger partial charge in [-0.15, -0.1) is 0 Å². The van der Waals surface area contributed by atoms with Crippen LogP contribution < -0.4 is 16.2 Å². The molecule has 2 aromatic rings.